The third kappa shape index (κ3) is 5.64. The Hall–Kier alpha value is -1.02. The summed E-state index contributed by atoms with van der Waals surface area (Å²) >= 11 is 12.2. The molecule has 1 atom stereocenters. The number of benzene rings is 2. The fourth-order valence-corrected chi connectivity index (χ4v) is 2.60. The molecule has 1 nitrogen and oxygen atoms in total. The fourth-order valence-electron chi connectivity index (χ4n) is 2.07. The highest BCUT2D eigenvalue weighted by atomic mass is 35.5. The molecule has 2 aromatic carbocycles. The zero-order valence-corrected chi connectivity index (χ0v) is 15.2. The molecule has 0 aliphatic rings. The van der Waals surface area contributed by atoms with Gasteiger partial charge in [-0.3, -0.25) is 0 Å². The highest BCUT2D eigenvalue weighted by Gasteiger charge is 2.14. The van der Waals surface area contributed by atoms with Crippen molar-refractivity contribution in [2.24, 2.45) is 0 Å². The van der Waals surface area contributed by atoms with Gasteiger partial charge in [-0.05, 0) is 36.6 Å². The molecule has 0 heterocycles. The Balaban J connectivity index is 0.00000116. The monoisotopic (exact) mass is 338 g/mol. The van der Waals surface area contributed by atoms with Crippen molar-refractivity contribution in [3.8, 4) is 0 Å². The number of ether oxygens (including phenoxy) is 1. The fraction of sp³-hybridized carbons (Fsp3) is 0.368. The topological polar surface area (TPSA) is 9.23 Å². The van der Waals surface area contributed by atoms with Gasteiger partial charge in [0.05, 0.1) is 12.7 Å². The molecule has 0 amide bonds. The SMILES string of the molecule is CC.CCC(OCc1ccc(C)cc1)c1ccc(Cl)cc1Cl. The van der Waals surface area contributed by atoms with E-state index in [-0.39, 0.29) is 6.10 Å². The van der Waals surface area contributed by atoms with Crippen LogP contribution in [0, 0.1) is 6.92 Å². The summed E-state index contributed by atoms with van der Waals surface area (Å²) in [7, 11) is 0. The minimum Gasteiger partial charge on any atom is -0.369 e. The highest BCUT2D eigenvalue weighted by Crippen LogP contribution is 2.31. The second-order valence-electron chi connectivity index (χ2n) is 4.86. The van der Waals surface area contributed by atoms with Crippen LogP contribution < -0.4 is 0 Å². The summed E-state index contributed by atoms with van der Waals surface area (Å²) in [5, 5.41) is 1.31. The second kappa shape index (κ2) is 9.89. The van der Waals surface area contributed by atoms with Gasteiger partial charge in [0.25, 0.3) is 0 Å². The summed E-state index contributed by atoms with van der Waals surface area (Å²) in [6, 6.07) is 13.9. The van der Waals surface area contributed by atoms with Crippen molar-refractivity contribution in [3.63, 3.8) is 0 Å². The van der Waals surface area contributed by atoms with E-state index in [0.29, 0.717) is 16.7 Å². The Bertz CT molecular complexity index is 564. The molecule has 0 aliphatic carbocycles. The van der Waals surface area contributed by atoms with Gasteiger partial charge in [0, 0.05) is 10.0 Å². The van der Waals surface area contributed by atoms with Crippen LogP contribution in [0.15, 0.2) is 42.5 Å². The van der Waals surface area contributed by atoms with E-state index in [0.717, 1.165) is 12.0 Å². The molecule has 0 aliphatic heterocycles. The average molecular weight is 339 g/mol. The molecule has 0 N–H and O–H groups in total. The molecule has 120 valence electrons. The molecule has 1 unspecified atom stereocenters. The Morgan fingerprint density at radius 1 is 1.00 bits per heavy atom. The van der Waals surface area contributed by atoms with E-state index in [1.165, 1.54) is 11.1 Å². The maximum Gasteiger partial charge on any atom is 0.0841 e. The van der Waals surface area contributed by atoms with Gasteiger partial charge < -0.3 is 4.74 Å². The first-order chi connectivity index (χ1) is 10.6. The van der Waals surface area contributed by atoms with Gasteiger partial charge in [0.2, 0.25) is 0 Å². The third-order valence-electron chi connectivity index (χ3n) is 3.25. The molecule has 0 radical (unpaired) electrons. The van der Waals surface area contributed by atoms with Crippen LogP contribution in [0.25, 0.3) is 0 Å². The van der Waals surface area contributed by atoms with Crippen LogP contribution in [0.5, 0.6) is 0 Å². The molecular weight excluding hydrogens is 315 g/mol. The van der Waals surface area contributed by atoms with Gasteiger partial charge in [-0.15, -0.1) is 0 Å². The molecular formula is C19H24Cl2O. The number of aryl methyl sites for hydroxylation is 1. The van der Waals surface area contributed by atoms with E-state index in [1.54, 1.807) is 6.07 Å². The molecule has 2 rings (SSSR count). The van der Waals surface area contributed by atoms with Gasteiger partial charge in [-0.1, -0.05) is 79.9 Å². The zero-order valence-electron chi connectivity index (χ0n) is 13.7. The Kier molecular flexibility index (Phi) is 8.55. The number of hydrogen-bond donors (Lipinski definition) is 0. The smallest absolute Gasteiger partial charge is 0.0841 e. The van der Waals surface area contributed by atoms with Gasteiger partial charge in [-0.25, -0.2) is 0 Å². The quantitative estimate of drug-likeness (QED) is 0.570. The summed E-state index contributed by atoms with van der Waals surface area (Å²) in [6.07, 6.45) is 0.855. The minimum absolute atomic E-state index is 0.0129. The summed E-state index contributed by atoms with van der Waals surface area (Å²) < 4.78 is 6.00. The number of halogens is 2. The number of hydrogen-bond acceptors (Lipinski definition) is 1. The van der Waals surface area contributed by atoms with Crippen LogP contribution in [0.4, 0.5) is 0 Å². The van der Waals surface area contributed by atoms with Crippen molar-refractivity contribution < 1.29 is 4.74 Å². The van der Waals surface area contributed by atoms with Crippen LogP contribution in [0.2, 0.25) is 10.0 Å². The minimum atomic E-state index is -0.0129. The van der Waals surface area contributed by atoms with E-state index in [1.807, 2.05) is 26.0 Å². The van der Waals surface area contributed by atoms with Crippen LogP contribution >= 0.6 is 23.2 Å². The van der Waals surface area contributed by atoms with Crippen molar-refractivity contribution in [1.82, 2.24) is 0 Å². The summed E-state index contributed by atoms with van der Waals surface area (Å²) in [6.45, 7) is 8.75. The van der Waals surface area contributed by atoms with E-state index in [4.69, 9.17) is 27.9 Å². The van der Waals surface area contributed by atoms with Crippen LogP contribution in [-0.2, 0) is 11.3 Å². The van der Waals surface area contributed by atoms with Gasteiger partial charge in [0.1, 0.15) is 0 Å². The van der Waals surface area contributed by atoms with E-state index >= 15 is 0 Å². The lowest BCUT2D eigenvalue weighted by molar-refractivity contribution is 0.0372. The summed E-state index contributed by atoms with van der Waals surface area (Å²) in [5.74, 6) is 0. The van der Waals surface area contributed by atoms with Crippen molar-refractivity contribution >= 4 is 23.2 Å². The van der Waals surface area contributed by atoms with Crippen molar-refractivity contribution in [2.45, 2.75) is 46.8 Å². The molecule has 0 bridgehead atoms. The van der Waals surface area contributed by atoms with Gasteiger partial charge >= 0.3 is 0 Å². The van der Waals surface area contributed by atoms with Crippen molar-refractivity contribution in [3.05, 3.63) is 69.2 Å². The van der Waals surface area contributed by atoms with Crippen molar-refractivity contribution in [1.29, 1.82) is 0 Å². The van der Waals surface area contributed by atoms with Crippen LogP contribution in [-0.4, -0.2) is 0 Å². The standard InChI is InChI=1S/C17H18Cl2O.C2H6/c1-3-17(15-9-8-14(18)10-16(15)19)20-11-13-6-4-12(2)5-7-13;1-2/h4-10,17H,3,11H2,1-2H3;1-2H3. The first-order valence-corrected chi connectivity index (χ1v) is 8.48. The van der Waals surface area contributed by atoms with E-state index in [9.17, 15) is 0 Å². The molecule has 0 saturated carbocycles. The third-order valence-corrected chi connectivity index (χ3v) is 3.81. The molecule has 0 saturated heterocycles. The first-order valence-electron chi connectivity index (χ1n) is 7.72. The zero-order chi connectivity index (χ0) is 16.5. The lowest BCUT2D eigenvalue weighted by Gasteiger charge is -2.18. The largest absolute Gasteiger partial charge is 0.369 e. The summed E-state index contributed by atoms with van der Waals surface area (Å²) in [4.78, 5) is 0. The maximum atomic E-state index is 6.24. The summed E-state index contributed by atoms with van der Waals surface area (Å²) in [5.41, 5.74) is 3.41. The molecule has 2 aromatic rings. The predicted octanol–water partition coefficient (Wildman–Crippen LogP) is 7.00. The highest BCUT2D eigenvalue weighted by molar-refractivity contribution is 6.35. The van der Waals surface area contributed by atoms with Gasteiger partial charge in [-0.2, -0.15) is 0 Å². The molecule has 22 heavy (non-hydrogen) atoms. The molecule has 0 fully saturated rings. The average Bonchev–Trinajstić information content (AvgIpc) is 2.53. The van der Waals surface area contributed by atoms with Crippen LogP contribution in [0.1, 0.15) is 50.0 Å². The Morgan fingerprint density at radius 3 is 2.18 bits per heavy atom. The first kappa shape index (κ1) is 19.0. The van der Waals surface area contributed by atoms with Crippen molar-refractivity contribution in [2.75, 3.05) is 0 Å². The number of rotatable bonds is 5. The normalized spacial score (nSPS) is 11.5. The van der Waals surface area contributed by atoms with Gasteiger partial charge in [0.15, 0.2) is 0 Å². The molecule has 0 aromatic heterocycles. The predicted molar refractivity (Wildman–Crippen MR) is 96.8 cm³/mol. The lowest BCUT2D eigenvalue weighted by Crippen LogP contribution is -2.04. The lowest BCUT2D eigenvalue weighted by atomic mass is 10.1. The van der Waals surface area contributed by atoms with E-state index < -0.39 is 0 Å². The molecule has 3 heteroatoms. The Labute approximate surface area is 144 Å². The maximum absolute atomic E-state index is 6.24. The van der Waals surface area contributed by atoms with E-state index in [2.05, 4.69) is 38.1 Å². The second-order valence-corrected chi connectivity index (χ2v) is 5.70. The van der Waals surface area contributed by atoms with Crippen LogP contribution in [0.3, 0.4) is 0 Å². The molecule has 0 spiro atoms. The Morgan fingerprint density at radius 2 is 1.64 bits per heavy atom.